The maximum absolute atomic E-state index is 13.1. The van der Waals surface area contributed by atoms with Crippen molar-refractivity contribution < 1.29 is 4.39 Å². The van der Waals surface area contributed by atoms with Crippen LogP contribution in [0.5, 0.6) is 0 Å². The first-order chi connectivity index (χ1) is 7.13. The van der Waals surface area contributed by atoms with E-state index in [2.05, 4.69) is 27.8 Å². The zero-order chi connectivity index (χ0) is 11.3. The number of halogens is 2. The molecule has 0 radical (unpaired) electrons. The van der Waals surface area contributed by atoms with Crippen molar-refractivity contribution in [3.05, 3.63) is 34.1 Å². The minimum Gasteiger partial charge on any atom is -0.324 e. The Morgan fingerprint density at radius 1 is 1.47 bits per heavy atom. The molecule has 1 aromatic carbocycles. The van der Waals surface area contributed by atoms with Gasteiger partial charge in [-0.15, -0.1) is 11.8 Å². The summed E-state index contributed by atoms with van der Waals surface area (Å²) >= 11 is 3.24. The van der Waals surface area contributed by atoms with Gasteiger partial charge in [0.05, 0.1) is 0 Å². The molecule has 1 aromatic rings. The molecule has 80 valence electrons. The second-order valence-electron chi connectivity index (χ2n) is 3.27. The molecule has 0 heterocycles. The Hall–Kier alpha value is -0.850. The number of benzene rings is 1. The van der Waals surface area contributed by atoms with E-state index in [0.29, 0.717) is 0 Å². The largest absolute Gasteiger partial charge is 0.324 e. The minimum absolute atomic E-state index is 0.155. The average molecular weight is 270 g/mol. The van der Waals surface area contributed by atoms with Crippen molar-refractivity contribution in [1.29, 1.82) is 0 Å². The zero-order valence-corrected chi connectivity index (χ0v) is 10.1. The third kappa shape index (κ3) is 4.03. The first kappa shape index (κ1) is 12.2. The van der Waals surface area contributed by atoms with Gasteiger partial charge >= 0.3 is 0 Å². The van der Waals surface area contributed by atoms with Gasteiger partial charge in [0.25, 0.3) is 0 Å². The molecule has 0 spiro atoms. The van der Waals surface area contributed by atoms with Crippen molar-refractivity contribution in [1.82, 2.24) is 0 Å². The van der Waals surface area contributed by atoms with Gasteiger partial charge in [0.15, 0.2) is 0 Å². The van der Waals surface area contributed by atoms with Crippen LogP contribution in [0, 0.1) is 17.7 Å². The molecule has 1 rings (SSSR count). The normalized spacial score (nSPS) is 11.7. The van der Waals surface area contributed by atoms with Crippen molar-refractivity contribution in [3.8, 4) is 11.8 Å². The summed E-state index contributed by atoms with van der Waals surface area (Å²) < 4.78 is 13.8. The molecule has 1 nitrogen and oxygen atoms in total. The molecular weight excluding hydrogens is 257 g/mol. The molecular formula is C12H13BrFN. The van der Waals surface area contributed by atoms with Crippen LogP contribution in [0.3, 0.4) is 0 Å². The molecule has 0 aliphatic heterocycles. The Bertz CT molecular complexity index is 372. The lowest BCUT2D eigenvalue weighted by atomic mass is 10.0. The standard InChI is InChI=1S/C12H13BrFN/c1-2-3-4-5-12(15)9-6-10(13)8-11(14)7-9/h6-8,12H,4-5,15H2,1H3. The van der Waals surface area contributed by atoms with Gasteiger partial charge in [0.2, 0.25) is 0 Å². The summed E-state index contributed by atoms with van der Waals surface area (Å²) in [5.41, 5.74) is 6.72. The predicted octanol–water partition coefficient (Wildman–Crippen LogP) is 3.39. The maximum atomic E-state index is 13.1. The molecule has 1 unspecified atom stereocenters. The third-order valence-electron chi connectivity index (χ3n) is 2.07. The van der Waals surface area contributed by atoms with Crippen molar-refractivity contribution in [3.63, 3.8) is 0 Å². The van der Waals surface area contributed by atoms with Crippen LogP contribution >= 0.6 is 15.9 Å². The molecule has 0 saturated carbocycles. The topological polar surface area (TPSA) is 26.0 Å². The Morgan fingerprint density at radius 2 is 2.20 bits per heavy atom. The average Bonchev–Trinajstić information content (AvgIpc) is 2.16. The van der Waals surface area contributed by atoms with E-state index in [1.807, 2.05) is 6.07 Å². The lowest BCUT2D eigenvalue weighted by molar-refractivity contribution is 0.611. The molecule has 15 heavy (non-hydrogen) atoms. The first-order valence-electron chi connectivity index (χ1n) is 4.74. The summed E-state index contributed by atoms with van der Waals surface area (Å²) in [6, 6.07) is 4.57. The van der Waals surface area contributed by atoms with Gasteiger partial charge in [-0.1, -0.05) is 15.9 Å². The number of hydrogen-bond donors (Lipinski definition) is 1. The summed E-state index contributed by atoms with van der Waals surface area (Å²) in [5, 5.41) is 0. The summed E-state index contributed by atoms with van der Waals surface area (Å²) in [4.78, 5) is 0. The lowest BCUT2D eigenvalue weighted by Gasteiger charge is -2.10. The molecule has 0 aliphatic carbocycles. The van der Waals surface area contributed by atoms with Gasteiger partial charge in [-0.2, -0.15) is 0 Å². The maximum Gasteiger partial charge on any atom is 0.124 e. The smallest absolute Gasteiger partial charge is 0.124 e. The molecule has 0 aliphatic rings. The van der Waals surface area contributed by atoms with Gasteiger partial charge in [0, 0.05) is 16.9 Å². The second-order valence-corrected chi connectivity index (χ2v) is 4.19. The van der Waals surface area contributed by atoms with Gasteiger partial charge in [-0.05, 0) is 37.1 Å². The fourth-order valence-corrected chi connectivity index (χ4v) is 1.79. The van der Waals surface area contributed by atoms with Crippen molar-refractivity contribution in [2.45, 2.75) is 25.8 Å². The van der Waals surface area contributed by atoms with Crippen molar-refractivity contribution in [2.75, 3.05) is 0 Å². The van der Waals surface area contributed by atoms with Crippen LogP contribution in [0.15, 0.2) is 22.7 Å². The summed E-state index contributed by atoms with van der Waals surface area (Å²) in [5.74, 6) is 5.48. The second kappa shape index (κ2) is 5.89. The Labute approximate surface area is 98.0 Å². The molecule has 1 atom stereocenters. The highest BCUT2D eigenvalue weighted by atomic mass is 79.9. The Balaban J connectivity index is 2.71. The van der Waals surface area contributed by atoms with E-state index in [1.54, 1.807) is 6.92 Å². The molecule has 0 saturated heterocycles. The number of hydrogen-bond acceptors (Lipinski definition) is 1. The Kier molecular flexibility index (Phi) is 4.80. The van der Waals surface area contributed by atoms with Crippen LogP contribution in [-0.4, -0.2) is 0 Å². The van der Waals surface area contributed by atoms with Crippen LogP contribution in [0.2, 0.25) is 0 Å². The quantitative estimate of drug-likeness (QED) is 0.837. The van der Waals surface area contributed by atoms with E-state index in [-0.39, 0.29) is 11.9 Å². The van der Waals surface area contributed by atoms with Gasteiger partial charge < -0.3 is 5.73 Å². The summed E-state index contributed by atoms with van der Waals surface area (Å²) in [6.07, 6.45) is 1.49. The molecule has 0 aromatic heterocycles. The van der Waals surface area contributed by atoms with Crippen molar-refractivity contribution >= 4 is 15.9 Å². The van der Waals surface area contributed by atoms with Crippen LogP contribution in [0.4, 0.5) is 4.39 Å². The van der Waals surface area contributed by atoms with E-state index in [4.69, 9.17) is 5.73 Å². The zero-order valence-electron chi connectivity index (χ0n) is 8.56. The molecule has 0 fully saturated rings. The van der Waals surface area contributed by atoms with Gasteiger partial charge in [0.1, 0.15) is 5.82 Å². The molecule has 0 amide bonds. The van der Waals surface area contributed by atoms with Crippen LogP contribution < -0.4 is 5.73 Å². The van der Waals surface area contributed by atoms with E-state index < -0.39 is 0 Å². The third-order valence-corrected chi connectivity index (χ3v) is 2.53. The molecule has 2 N–H and O–H groups in total. The molecule has 3 heteroatoms. The number of rotatable bonds is 3. The highest BCUT2D eigenvalue weighted by Gasteiger charge is 2.07. The minimum atomic E-state index is -0.267. The fourth-order valence-electron chi connectivity index (χ4n) is 1.31. The van der Waals surface area contributed by atoms with Crippen molar-refractivity contribution in [2.24, 2.45) is 5.73 Å². The predicted molar refractivity (Wildman–Crippen MR) is 63.7 cm³/mol. The van der Waals surface area contributed by atoms with E-state index in [1.165, 1.54) is 12.1 Å². The molecule has 0 bridgehead atoms. The Morgan fingerprint density at radius 3 is 2.80 bits per heavy atom. The monoisotopic (exact) mass is 269 g/mol. The van der Waals surface area contributed by atoms with Crippen LogP contribution in [0.1, 0.15) is 31.4 Å². The number of nitrogens with two attached hydrogens (primary N) is 1. The van der Waals surface area contributed by atoms with E-state index in [0.717, 1.165) is 22.9 Å². The van der Waals surface area contributed by atoms with Crippen LogP contribution in [-0.2, 0) is 0 Å². The fraction of sp³-hybridized carbons (Fsp3) is 0.333. The van der Waals surface area contributed by atoms with Gasteiger partial charge in [-0.3, -0.25) is 0 Å². The van der Waals surface area contributed by atoms with Crippen LogP contribution in [0.25, 0.3) is 0 Å². The highest BCUT2D eigenvalue weighted by Crippen LogP contribution is 2.21. The van der Waals surface area contributed by atoms with Gasteiger partial charge in [-0.25, -0.2) is 4.39 Å². The summed E-state index contributed by atoms with van der Waals surface area (Å²) in [7, 11) is 0. The van der Waals surface area contributed by atoms with E-state index in [9.17, 15) is 4.39 Å². The highest BCUT2D eigenvalue weighted by molar-refractivity contribution is 9.10. The SMILES string of the molecule is CC#CCCC(N)c1cc(F)cc(Br)c1. The first-order valence-corrected chi connectivity index (χ1v) is 5.54. The summed E-state index contributed by atoms with van der Waals surface area (Å²) in [6.45, 7) is 1.80. The lowest BCUT2D eigenvalue weighted by Crippen LogP contribution is -2.10. The van der Waals surface area contributed by atoms with E-state index >= 15 is 0 Å².